The summed E-state index contributed by atoms with van der Waals surface area (Å²) < 4.78 is 18.4. The number of benzene rings is 1. The van der Waals surface area contributed by atoms with E-state index in [4.69, 9.17) is 10.5 Å². The third-order valence-electron chi connectivity index (χ3n) is 2.23. The Labute approximate surface area is 118 Å². The van der Waals surface area contributed by atoms with Crippen LogP contribution in [-0.2, 0) is 4.74 Å². The SMILES string of the molecule is CC(N)/C=C/c1cc(F)ccc1NC(=O)OC(C)(C)C. The summed E-state index contributed by atoms with van der Waals surface area (Å²) in [4.78, 5) is 11.7. The molecule has 0 aliphatic heterocycles. The predicted molar refractivity (Wildman–Crippen MR) is 78.9 cm³/mol. The first-order valence-electron chi connectivity index (χ1n) is 6.41. The molecule has 0 spiro atoms. The van der Waals surface area contributed by atoms with Gasteiger partial charge in [0.05, 0.1) is 5.69 Å². The fraction of sp³-hybridized carbons (Fsp3) is 0.400. The number of hydrogen-bond donors (Lipinski definition) is 2. The van der Waals surface area contributed by atoms with Crippen molar-refractivity contribution in [2.24, 2.45) is 5.73 Å². The first-order valence-corrected chi connectivity index (χ1v) is 6.41. The summed E-state index contributed by atoms with van der Waals surface area (Å²) in [5, 5.41) is 2.60. The fourth-order valence-electron chi connectivity index (χ4n) is 1.45. The normalized spacial score (nSPS) is 13.3. The highest BCUT2D eigenvalue weighted by Crippen LogP contribution is 2.20. The van der Waals surface area contributed by atoms with Gasteiger partial charge in [0.25, 0.3) is 0 Å². The molecule has 0 radical (unpaired) electrons. The van der Waals surface area contributed by atoms with Crippen LogP contribution in [0.25, 0.3) is 6.08 Å². The lowest BCUT2D eigenvalue weighted by atomic mass is 10.1. The van der Waals surface area contributed by atoms with Gasteiger partial charge in [-0.2, -0.15) is 0 Å². The van der Waals surface area contributed by atoms with E-state index < -0.39 is 11.7 Å². The fourth-order valence-corrected chi connectivity index (χ4v) is 1.45. The number of anilines is 1. The van der Waals surface area contributed by atoms with Gasteiger partial charge >= 0.3 is 6.09 Å². The molecule has 0 aliphatic rings. The molecule has 5 heteroatoms. The zero-order valence-corrected chi connectivity index (χ0v) is 12.2. The quantitative estimate of drug-likeness (QED) is 0.890. The molecule has 4 nitrogen and oxygen atoms in total. The van der Waals surface area contributed by atoms with Crippen LogP contribution in [-0.4, -0.2) is 17.7 Å². The Hall–Kier alpha value is -1.88. The Balaban J connectivity index is 2.92. The van der Waals surface area contributed by atoms with Crippen LogP contribution in [0.1, 0.15) is 33.3 Å². The molecule has 0 saturated heterocycles. The van der Waals surface area contributed by atoms with Crippen molar-refractivity contribution < 1.29 is 13.9 Å². The maximum Gasteiger partial charge on any atom is 0.412 e. The Morgan fingerprint density at radius 1 is 1.45 bits per heavy atom. The average Bonchev–Trinajstić information content (AvgIpc) is 2.26. The smallest absolute Gasteiger partial charge is 0.412 e. The summed E-state index contributed by atoms with van der Waals surface area (Å²) >= 11 is 0. The summed E-state index contributed by atoms with van der Waals surface area (Å²) in [5.74, 6) is -0.385. The summed E-state index contributed by atoms with van der Waals surface area (Å²) in [5.41, 5.74) is 6.03. The van der Waals surface area contributed by atoms with Gasteiger partial charge in [-0.1, -0.05) is 12.2 Å². The van der Waals surface area contributed by atoms with E-state index in [0.717, 1.165) is 0 Å². The highest BCUT2D eigenvalue weighted by atomic mass is 19.1. The summed E-state index contributed by atoms with van der Waals surface area (Å²) in [7, 11) is 0. The van der Waals surface area contributed by atoms with E-state index in [0.29, 0.717) is 11.3 Å². The van der Waals surface area contributed by atoms with Crippen molar-refractivity contribution in [1.82, 2.24) is 0 Å². The van der Waals surface area contributed by atoms with Gasteiger partial charge in [-0.3, -0.25) is 5.32 Å². The number of nitrogens with one attached hydrogen (secondary N) is 1. The first-order chi connectivity index (χ1) is 9.17. The minimum Gasteiger partial charge on any atom is -0.444 e. The highest BCUT2D eigenvalue weighted by molar-refractivity contribution is 5.88. The van der Waals surface area contributed by atoms with Crippen LogP contribution in [0.3, 0.4) is 0 Å². The molecule has 0 saturated carbocycles. The molecular weight excluding hydrogens is 259 g/mol. The Morgan fingerprint density at radius 2 is 2.10 bits per heavy atom. The third kappa shape index (κ3) is 5.84. The molecule has 1 aromatic rings. The van der Waals surface area contributed by atoms with E-state index >= 15 is 0 Å². The lowest BCUT2D eigenvalue weighted by Gasteiger charge is -2.20. The minimum atomic E-state index is -0.591. The number of hydrogen-bond acceptors (Lipinski definition) is 3. The number of amides is 1. The van der Waals surface area contributed by atoms with Crippen LogP contribution in [0.15, 0.2) is 24.3 Å². The van der Waals surface area contributed by atoms with E-state index in [9.17, 15) is 9.18 Å². The summed E-state index contributed by atoms with van der Waals surface area (Å²) in [6.45, 7) is 7.12. The van der Waals surface area contributed by atoms with Crippen molar-refractivity contribution in [2.75, 3.05) is 5.32 Å². The average molecular weight is 280 g/mol. The van der Waals surface area contributed by atoms with Gasteiger partial charge < -0.3 is 10.5 Å². The lowest BCUT2D eigenvalue weighted by Crippen LogP contribution is -2.27. The molecule has 0 heterocycles. The number of ether oxygens (including phenoxy) is 1. The molecule has 1 amide bonds. The maximum absolute atomic E-state index is 13.3. The van der Waals surface area contributed by atoms with Crippen molar-refractivity contribution >= 4 is 17.9 Å². The van der Waals surface area contributed by atoms with Gasteiger partial charge in [-0.25, -0.2) is 9.18 Å². The molecule has 1 atom stereocenters. The van der Waals surface area contributed by atoms with Crippen molar-refractivity contribution in [3.05, 3.63) is 35.7 Å². The predicted octanol–water partition coefficient (Wildman–Crippen LogP) is 3.53. The van der Waals surface area contributed by atoms with Gasteiger partial charge in [0.1, 0.15) is 11.4 Å². The number of nitrogens with two attached hydrogens (primary N) is 1. The van der Waals surface area contributed by atoms with Crippen LogP contribution < -0.4 is 11.1 Å². The van der Waals surface area contributed by atoms with Crippen LogP contribution in [0.4, 0.5) is 14.9 Å². The van der Waals surface area contributed by atoms with E-state index in [1.54, 1.807) is 39.8 Å². The molecule has 20 heavy (non-hydrogen) atoms. The molecular formula is C15H21FN2O2. The second-order valence-electron chi connectivity index (χ2n) is 5.58. The van der Waals surface area contributed by atoms with Crippen LogP contribution in [0.2, 0.25) is 0 Å². The van der Waals surface area contributed by atoms with Gasteiger partial charge in [0.2, 0.25) is 0 Å². The van der Waals surface area contributed by atoms with Gasteiger partial charge in [0, 0.05) is 11.6 Å². The standard InChI is InChI=1S/C15H21FN2O2/c1-10(17)5-6-11-9-12(16)7-8-13(11)18-14(19)20-15(2,3)4/h5-10H,17H2,1-4H3,(H,18,19)/b6-5+. The maximum atomic E-state index is 13.3. The molecule has 0 fully saturated rings. The van der Waals surface area contributed by atoms with Gasteiger partial charge in [-0.15, -0.1) is 0 Å². The van der Waals surface area contributed by atoms with Crippen LogP contribution in [0, 0.1) is 5.82 Å². The molecule has 110 valence electrons. The topological polar surface area (TPSA) is 64.3 Å². The summed E-state index contributed by atoms with van der Waals surface area (Å²) in [6.07, 6.45) is 2.80. The van der Waals surface area contributed by atoms with Crippen LogP contribution in [0.5, 0.6) is 0 Å². The number of carbonyl (C=O) groups is 1. The lowest BCUT2D eigenvalue weighted by molar-refractivity contribution is 0.0636. The molecule has 1 unspecified atom stereocenters. The van der Waals surface area contributed by atoms with Crippen molar-refractivity contribution in [1.29, 1.82) is 0 Å². The molecule has 0 bridgehead atoms. The second-order valence-corrected chi connectivity index (χ2v) is 5.58. The minimum absolute atomic E-state index is 0.160. The van der Waals surface area contributed by atoms with E-state index in [1.807, 2.05) is 0 Å². The third-order valence-corrected chi connectivity index (χ3v) is 2.23. The van der Waals surface area contributed by atoms with E-state index in [1.165, 1.54) is 18.2 Å². The Bertz CT molecular complexity index is 505. The molecule has 0 aromatic heterocycles. The molecule has 1 aromatic carbocycles. The second kappa shape index (κ2) is 6.52. The highest BCUT2D eigenvalue weighted by Gasteiger charge is 2.17. The largest absolute Gasteiger partial charge is 0.444 e. The number of rotatable bonds is 3. The van der Waals surface area contributed by atoms with Crippen molar-refractivity contribution in [3.63, 3.8) is 0 Å². The van der Waals surface area contributed by atoms with E-state index in [-0.39, 0.29) is 11.9 Å². The molecule has 0 aliphatic carbocycles. The zero-order valence-electron chi connectivity index (χ0n) is 12.2. The van der Waals surface area contributed by atoms with E-state index in [2.05, 4.69) is 5.32 Å². The van der Waals surface area contributed by atoms with Crippen LogP contribution >= 0.6 is 0 Å². The number of carbonyl (C=O) groups excluding carboxylic acids is 1. The summed E-state index contributed by atoms with van der Waals surface area (Å²) in [6, 6.07) is 3.93. The zero-order chi connectivity index (χ0) is 15.3. The first kappa shape index (κ1) is 16.2. The van der Waals surface area contributed by atoms with Gasteiger partial charge in [-0.05, 0) is 45.9 Å². The van der Waals surface area contributed by atoms with Crippen molar-refractivity contribution in [2.45, 2.75) is 39.3 Å². The Morgan fingerprint density at radius 3 is 2.65 bits per heavy atom. The molecule has 1 rings (SSSR count). The van der Waals surface area contributed by atoms with Crippen molar-refractivity contribution in [3.8, 4) is 0 Å². The molecule has 3 N–H and O–H groups in total. The number of halogens is 1. The Kier molecular flexibility index (Phi) is 5.27. The monoisotopic (exact) mass is 280 g/mol. The van der Waals surface area contributed by atoms with Gasteiger partial charge in [0.15, 0.2) is 0 Å².